The standard InChI is InChI=1S/C25H21FN6O4S/c1-16-11-12-17(13-21(16)32(35)36)24(34)27-14-22-29-30-25(31(22)18-7-3-2-4-8-18)37-15-23(33)28-20-10-6-5-9-19(20)26/h2-13H,14-15H2,1H3,(H,27,34)(H,28,33). The van der Waals surface area contributed by atoms with E-state index in [-0.39, 0.29) is 29.2 Å². The Bertz CT molecular complexity index is 1460. The van der Waals surface area contributed by atoms with Gasteiger partial charge in [0.1, 0.15) is 5.82 Å². The molecule has 4 aromatic rings. The highest BCUT2D eigenvalue weighted by Gasteiger charge is 2.19. The molecule has 0 bridgehead atoms. The number of benzene rings is 3. The molecule has 2 amide bonds. The molecule has 37 heavy (non-hydrogen) atoms. The van der Waals surface area contributed by atoms with E-state index >= 15 is 0 Å². The number of rotatable bonds is 9. The van der Waals surface area contributed by atoms with E-state index < -0.39 is 22.6 Å². The van der Waals surface area contributed by atoms with Crippen LogP contribution in [0.15, 0.2) is 78.0 Å². The summed E-state index contributed by atoms with van der Waals surface area (Å²) in [4.78, 5) is 35.8. The van der Waals surface area contributed by atoms with Crippen LogP contribution in [0.2, 0.25) is 0 Å². The average molecular weight is 521 g/mol. The van der Waals surface area contributed by atoms with Gasteiger partial charge in [-0.1, -0.05) is 48.2 Å². The summed E-state index contributed by atoms with van der Waals surface area (Å²) in [7, 11) is 0. The molecule has 1 heterocycles. The van der Waals surface area contributed by atoms with Crippen LogP contribution in [-0.4, -0.2) is 37.3 Å². The molecule has 188 valence electrons. The van der Waals surface area contributed by atoms with Crippen molar-refractivity contribution < 1.29 is 18.9 Å². The topological polar surface area (TPSA) is 132 Å². The zero-order valence-electron chi connectivity index (χ0n) is 19.6. The molecule has 12 heteroatoms. The van der Waals surface area contributed by atoms with Gasteiger partial charge in [-0.15, -0.1) is 10.2 Å². The first-order chi connectivity index (χ1) is 17.8. The monoisotopic (exact) mass is 520 g/mol. The fourth-order valence-electron chi connectivity index (χ4n) is 3.43. The summed E-state index contributed by atoms with van der Waals surface area (Å²) < 4.78 is 15.5. The maximum absolute atomic E-state index is 13.8. The third-order valence-corrected chi connectivity index (χ3v) is 6.20. The molecule has 0 unspecified atom stereocenters. The van der Waals surface area contributed by atoms with Crippen molar-refractivity contribution >= 4 is 35.0 Å². The van der Waals surface area contributed by atoms with E-state index in [4.69, 9.17) is 0 Å². The van der Waals surface area contributed by atoms with Gasteiger partial charge in [0.05, 0.1) is 22.9 Å². The number of hydrogen-bond donors (Lipinski definition) is 2. The number of anilines is 1. The number of carbonyl (C=O) groups excluding carboxylic acids is 2. The first-order valence-electron chi connectivity index (χ1n) is 11.0. The quantitative estimate of drug-likeness (QED) is 0.191. The summed E-state index contributed by atoms with van der Waals surface area (Å²) in [6.45, 7) is 1.57. The molecule has 0 radical (unpaired) electrons. The van der Waals surface area contributed by atoms with E-state index in [0.29, 0.717) is 22.2 Å². The second-order valence-electron chi connectivity index (χ2n) is 7.83. The van der Waals surface area contributed by atoms with Gasteiger partial charge in [0.15, 0.2) is 11.0 Å². The highest BCUT2D eigenvalue weighted by molar-refractivity contribution is 7.99. The van der Waals surface area contributed by atoms with Crippen molar-refractivity contribution in [3.63, 3.8) is 0 Å². The smallest absolute Gasteiger partial charge is 0.273 e. The van der Waals surface area contributed by atoms with Crippen molar-refractivity contribution in [2.24, 2.45) is 0 Å². The molecule has 3 aromatic carbocycles. The van der Waals surface area contributed by atoms with Crippen molar-refractivity contribution in [1.29, 1.82) is 0 Å². The second kappa shape index (κ2) is 11.4. The number of halogens is 1. The minimum Gasteiger partial charge on any atom is -0.345 e. The lowest BCUT2D eigenvalue weighted by atomic mass is 10.1. The van der Waals surface area contributed by atoms with Gasteiger partial charge in [0, 0.05) is 22.9 Å². The molecule has 0 aliphatic carbocycles. The third-order valence-electron chi connectivity index (χ3n) is 5.27. The van der Waals surface area contributed by atoms with Crippen molar-refractivity contribution in [1.82, 2.24) is 20.1 Å². The Morgan fingerprint density at radius 2 is 1.78 bits per heavy atom. The zero-order chi connectivity index (χ0) is 26.4. The van der Waals surface area contributed by atoms with E-state index in [2.05, 4.69) is 20.8 Å². The van der Waals surface area contributed by atoms with E-state index in [1.165, 1.54) is 36.4 Å². The molecule has 4 rings (SSSR count). The first-order valence-corrected chi connectivity index (χ1v) is 12.0. The van der Waals surface area contributed by atoms with E-state index in [0.717, 1.165) is 11.8 Å². The van der Waals surface area contributed by atoms with Gasteiger partial charge in [-0.2, -0.15) is 0 Å². The van der Waals surface area contributed by atoms with E-state index in [1.54, 1.807) is 17.6 Å². The van der Waals surface area contributed by atoms with Crippen LogP contribution in [-0.2, 0) is 11.3 Å². The fourth-order valence-corrected chi connectivity index (χ4v) is 4.20. The summed E-state index contributed by atoms with van der Waals surface area (Å²) in [5, 5.41) is 25.2. The van der Waals surface area contributed by atoms with Crippen LogP contribution in [0.3, 0.4) is 0 Å². The number of amides is 2. The molecule has 10 nitrogen and oxygen atoms in total. The van der Waals surface area contributed by atoms with Crippen LogP contribution in [0, 0.1) is 22.9 Å². The first kappa shape index (κ1) is 25.5. The van der Waals surface area contributed by atoms with Gasteiger partial charge in [0.25, 0.3) is 11.6 Å². The highest BCUT2D eigenvalue weighted by atomic mass is 32.2. The Morgan fingerprint density at radius 1 is 1.05 bits per heavy atom. The van der Waals surface area contributed by atoms with Crippen molar-refractivity contribution in [3.05, 3.63) is 106 Å². The molecule has 1 aromatic heterocycles. The average Bonchev–Trinajstić information content (AvgIpc) is 3.30. The predicted molar refractivity (Wildman–Crippen MR) is 136 cm³/mol. The Kier molecular flexibility index (Phi) is 7.89. The van der Waals surface area contributed by atoms with Gasteiger partial charge < -0.3 is 10.6 Å². The maximum Gasteiger partial charge on any atom is 0.273 e. The van der Waals surface area contributed by atoms with E-state index in [1.807, 2.05) is 30.3 Å². The molecule has 0 atom stereocenters. The number of carbonyl (C=O) groups is 2. The molecule has 0 saturated heterocycles. The number of aryl methyl sites for hydroxylation is 1. The lowest BCUT2D eigenvalue weighted by Crippen LogP contribution is -2.25. The lowest BCUT2D eigenvalue weighted by molar-refractivity contribution is -0.385. The van der Waals surface area contributed by atoms with Gasteiger partial charge in [-0.25, -0.2) is 4.39 Å². The van der Waals surface area contributed by atoms with Crippen molar-refractivity contribution in [2.45, 2.75) is 18.6 Å². The number of nitro groups is 1. The number of nitrogens with zero attached hydrogens (tertiary/aromatic N) is 4. The summed E-state index contributed by atoms with van der Waals surface area (Å²) in [6, 6.07) is 19.2. The van der Waals surface area contributed by atoms with Crippen LogP contribution < -0.4 is 10.6 Å². The van der Waals surface area contributed by atoms with E-state index in [9.17, 15) is 24.1 Å². The number of nitro benzene ring substituents is 1. The summed E-state index contributed by atoms with van der Waals surface area (Å²) in [6.07, 6.45) is 0. The molecule has 0 fully saturated rings. The summed E-state index contributed by atoms with van der Waals surface area (Å²) in [5.41, 5.74) is 1.23. The highest BCUT2D eigenvalue weighted by Crippen LogP contribution is 2.23. The minimum atomic E-state index is -0.538. The molecular weight excluding hydrogens is 499 g/mol. The number of aromatic nitrogens is 3. The van der Waals surface area contributed by atoms with Gasteiger partial charge in [-0.3, -0.25) is 24.3 Å². The Hall–Kier alpha value is -4.58. The Labute approximate surface area is 215 Å². The van der Waals surface area contributed by atoms with Crippen molar-refractivity contribution in [2.75, 3.05) is 11.1 Å². The molecule has 0 spiro atoms. The van der Waals surface area contributed by atoms with Gasteiger partial charge in [-0.05, 0) is 37.3 Å². The third kappa shape index (κ3) is 6.16. The molecule has 0 aliphatic rings. The number of hydrogen-bond acceptors (Lipinski definition) is 7. The number of nitrogens with one attached hydrogen (secondary N) is 2. The fraction of sp³-hybridized carbons (Fsp3) is 0.120. The summed E-state index contributed by atoms with van der Waals surface area (Å²) >= 11 is 1.10. The lowest BCUT2D eigenvalue weighted by Gasteiger charge is -2.11. The Morgan fingerprint density at radius 3 is 2.51 bits per heavy atom. The van der Waals surface area contributed by atoms with Crippen LogP contribution in [0.4, 0.5) is 15.8 Å². The predicted octanol–water partition coefficient (Wildman–Crippen LogP) is 4.28. The number of thioether (sulfide) groups is 1. The van der Waals surface area contributed by atoms with Gasteiger partial charge in [0.2, 0.25) is 5.91 Å². The van der Waals surface area contributed by atoms with Gasteiger partial charge >= 0.3 is 0 Å². The molecular formula is C25H21FN6O4S. The summed E-state index contributed by atoms with van der Waals surface area (Å²) in [5.74, 6) is -1.14. The maximum atomic E-state index is 13.8. The second-order valence-corrected chi connectivity index (χ2v) is 8.77. The minimum absolute atomic E-state index is 0.0234. The Balaban J connectivity index is 1.50. The van der Waals surface area contributed by atoms with Crippen molar-refractivity contribution in [3.8, 4) is 5.69 Å². The molecule has 0 aliphatic heterocycles. The normalized spacial score (nSPS) is 10.6. The molecule has 0 saturated carbocycles. The van der Waals surface area contributed by atoms with Crippen LogP contribution in [0.25, 0.3) is 5.69 Å². The van der Waals surface area contributed by atoms with Crippen LogP contribution in [0.5, 0.6) is 0 Å². The SMILES string of the molecule is Cc1ccc(C(=O)NCc2nnc(SCC(=O)Nc3ccccc3F)n2-c2ccccc2)cc1[N+](=O)[O-]. The zero-order valence-corrected chi connectivity index (χ0v) is 20.4. The van der Waals surface area contributed by atoms with Crippen LogP contribution >= 0.6 is 11.8 Å². The van der Waals surface area contributed by atoms with Crippen LogP contribution in [0.1, 0.15) is 21.7 Å². The largest absolute Gasteiger partial charge is 0.345 e. The molecule has 2 N–H and O–H groups in total. The number of para-hydroxylation sites is 2.